The molecule has 0 saturated heterocycles. The van der Waals surface area contributed by atoms with E-state index in [1.165, 1.54) is 0 Å². The van der Waals surface area contributed by atoms with Crippen LogP contribution in [0.15, 0.2) is 30.9 Å². The molecule has 1 aromatic rings. The van der Waals surface area contributed by atoms with Crippen molar-refractivity contribution in [1.82, 2.24) is 0 Å². The third kappa shape index (κ3) is 1.93. The van der Waals surface area contributed by atoms with Crippen molar-refractivity contribution >= 4 is 11.6 Å². The van der Waals surface area contributed by atoms with Crippen molar-refractivity contribution in [1.29, 1.82) is 0 Å². The number of carbonyl (C=O) groups is 1. The lowest BCUT2D eigenvalue weighted by Gasteiger charge is -2.38. The lowest BCUT2D eigenvalue weighted by molar-refractivity contribution is -0.132. The summed E-state index contributed by atoms with van der Waals surface area (Å²) in [6.45, 7) is 9.77. The average molecular weight is 231 g/mol. The predicted octanol–water partition coefficient (Wildman–Crippen LogP) is 2.69. The van der Waals surface area contributed by atoms with Crippen LogP contribution in [-0.4, -0.2) is 18.1 Å². The first-order chi connectivity index (χ1) is 7.95. The Morgan fingerprint density at radius 2 is 2.18 bits per heavy atom. The largest absolute Gasteiger partial charge is 0.476 e. The molecule has 90 valence electrons. The molecule has 0 aliphatic carbocycles. The van der Waals surface area contributed by atoms with Crippen molar-refractivity contribution < 1.29 is 9.53 Å². The fraction of sp³-hybridized carbons (Fsp3) is 0.357. The summed E-state index contributed by atoms with van der Waals surface area (Å²) >= 11 is 0. The van der Waals surface area contributed by atoms with Crippen LogP contribution < -0.4 is 9.64 Å². The van der Waals surface area contributed by atoms with E-state index in [2.05, 4.69) is 6.58 Å². The van der Waals surface area contributed by atoms with E-state index in [4.69, 9.17) is 4.74 Å². The number of nitrogens with zero attached hydrogens (tertiary/aromatic N) is 1. The van der Waals surface area contributed by atoms with Gasteiger partial charge in [-0.2, -0.15) is 0 Å². The second-order valence-corrected chi connectivity index (χ2v) is 4.79. The molecule has 3 nitrogen and oxygen atoms in total. The Morgan fingerprint density at radius 3 is 2.82 bits per heavy atom. The Balaban J connectivity index is 2.54. The number of aryl methyl sites for hydroxylation is 1. The van der Waals surface area contributed by atoms with Crippen LogP contribution in [0.4, 0.5) is 5.69 Å². The van der Waals surface area contributed by atoms with Gasteiger partial charge in [0.2, 0.25) is 0 Å². The topological polar surface area (TPSA) is 29.5 Å². The first kappa shape index (κ1) is 11.7. The van der Waals surface area contributed by atoms with E-state index in [0.717, 1.165) is 17.0 Å². The molecule has 0 unspecified atom stereocenters. The standard InChI is InChI=1S/C14H17NO2/c1-5-8-15-11-9-10(2)6-7-12(11)17-14(3,4)13(15)16/h5-7,9H,1,8H2,2-4H3. The molecule has 0 bridgehead atoms. The van der Waals surface area contributed by atoms with Crippen LogP contribution in [0.1, 0.15) is 19.4 Å². The number of amides is 1. The van der Waals surface area contributed by atoms with E-state index >= 15 is 0 Å². The molecule has 0 radical (unpaired) electrons. The summed E-state index contributed by atoms with van der Waals surface area (Å²) in [6.07, 6.45) is 1.73. The molecule has 1 heterocycles. The van der Waals surface area contributed by atoms with Gasteiger partial charge in [0.25, 0.3) is 5.91 Å². The number of benzene rings is 1. The molecule has 1 aliphatic heterocycles. The highest BCUT2D eigenvalue weighted by atomic mass is 16.5. The quantitative estimate of drug-likeness (QED) is 0.732. The second kappa shape index (κ2) is 3.91. The zero-order chi connectivity index (χ0) is 12.6. The molecule has 3 heteroatoms. The smallest absolute Gasteiger partial charge is 0.270 e. The van der Waals surface area contributed by atoms with Crippen LogP contribution in [0.25, 0.3) is 0 Å². The van der Waals surface area contributed by atoms with E-state index in [9.17, 15) is 4.79 Å². The fourth-order valence-corrected chi connectivity index (χ4v) is 1.99. The van der Waals surface area contributed by atoms with E-state index in [1.54, 1.807) is 24.8 Å². The van der Waals surface area contributed by atoms with Gasteiger partial charge >= 0.3 is 0 Å². The van der Waals surface area contributed by atoms with Gasteiger partial charge < -0.3 is 9.64 Å². The Kier molecular flexibility index (Phi) is 2.69. The van der Waals surface area contributed by atoms with Gasteiger partial charge in [-0.3, -0.25) is 4.79 Å². The number of anilines is 1. The maximum Gasteiger partial charge on any atom is 0.270 e. The van der Waals surface area contributed by atoms with Crippen LogP contribution in [0, 0.1) is 6.92 Å². The van der Waals surface area contributed by atoms with Gasteiger partial charge in [0.15, 0.2) is 5.60 Å². The molecule has 0 N–H and O–H groups in total. The van der Waals surface area contributed by atoms with Gasteiger partial charge in [-0.1, -0.05) is 12.1 Å². The highest BCUT2D eigenvalue weighted by molar-refractivity contribution is 6.02. The third-order valence-electron chi connectivity index (χ3n) is 2.84. The van der Waals surface area contributed by atoms with E-state index in [-0.39, 0.29) is 5.91 Å². The van der Waals surface area contributed by atoms with Crippen molar-refractivity contribution in [3.63, 3.8) is 0 Å². The Morgan fingerprint density at radius 1 is 1.47 bits per heavy atom. The summed E-state index contributed by atoms with van der Waals surface area (Å²) in [6, 6.07) is 5.86. The third-order valence-corrected chi connectivity index (χ3v) is 2.84. The van der Waals surface area contributed by atoms with Gasteiger partial charge in [0, 0.05) is 6.54 Å². The average Bonchev–Trinajstić information content (AvgIpc) is 2.26. The number of hydrogen-bond donors (Lipinski definition) is 0. The first-order valence-corrected chi connectivity index (χ1v) is 5.68. The van der Waals surface area contributed by atoms with Crippen molar-refractivity contribution in [2.75, 3.05) is 11.4 Å². The van der Waals surface area contributed by atoms with Crippen molar-refractivity contribution in [3.05, 3.63) is 36.4 Å². The van der Waals surface area contributed by atoms with E-state index < -0.39 is 5.60 Å². The molecule has 2 rings (SSSR count). The number of carbonyl (C=O) groups excluding carboxylic acids is 1. The van der Waals surface area contributed by atoms with Gasteiger partial charge in [-0.15, -0.1) is 6.58 Å². The summed E-state index contributed by atoms with van der Waals surface area (Å²) in [5.41, 5.74) is 1.12. The summed E-state index contributed by atoms with van der Waals surface area (Å²) in [4.78, 5) is 14.0. The van der Waals surface area contributed by atoms with Crippen LogP contribution in [0.5, 0.6) is 5.75 Å². The predicted molar refractivity (Wildman–Crippen MR) is 68.4 cm³/mol. The zero-order valence-corrected chi connectivity index (χ0v) is 10.5. The molecule has 1 aliphatic rings. The highest BCUT2D eigenvalue weighted by Gasteiger charge is 2.40. The van der Waals surface area contributed by atoms with Gasteiger partial charge in [0.05, 0.1) is 5.69 Å². The maximum atomic E-state index is 12.3. The van der Waals surface area contributed by atoms with Gasteiger partial charge in [0.1, 0.15) is 5.75 Å². The fourth-order valence-electron chi connectivity index (χ4n) is 1.99. The van der Waals surface area contributed by atoms with E-state index in [1.807, 2.05) is 25.1 Å². The second-order valence-electron chi connectivity index (χ2n) is 4.79. The monoisotopic (exact) mass is 231 g/mol. The van der Waals surface area contributed by atoms with Crippen molar-refractivity contribution in [2.45, 2.75) is 26.4 Å². The van der Waals surface area contributed by atoms with Crippen LogP contribution in [0.2, 0.25) is 0 Å². The molecule has 17 heavy (non-hydrogen) atoms. The molecule has 0 saturated carbocycles. The Labute approximate surface area is 102 Å². The molecule has 0 spiro atoms. The molecule has 1 aromatic carbocycles. The molecule has 1 amide bonds. The lowest BCUT2D eigenvalue weighted by atomic mass is 10.0. The van der Waals surface area contributed by atoms with Crippen LogP contribution >= 0.6 is 0 Å². The highest BCUT2D eigenvalue weighted by Crippen LogP contribution is 2.38. The summed E-state index contributed by atoms with van der Waals surface area (Å²) in [5.74, 6) is 0.720. The van der Waals surface area contributed by atoms with Crippen molar-refractivity contribution in [3.8, 4) is 5.75 Å². The van der Waals surface area contributed by atoms with E-state index in [0.29, 0.717) is 6.54 Å². The minimum atomic E-state index is -0.814. The first-order valence-electron chi connectivity index (χ1n) is 5.68. The van der Waals surface area contributed by atoms with Crippen molar-refractivity contribution in [2.24, 2.45) is 0 Å². The SMILES string of the molecule is C=CCN1C(=O)C(C)(C)Oc2ccc(C)cc21. The van der Waals surface area contributed by atoms with Gasteiger partial charge in [-0.05, 0) is 38.5 Å². The molecule has 0 aromatic heterocycles. The van der Waals surface area contributed by atoms with Crippen LogP contribution in [-0.2, 0) is 4.79 Å². The summed E-state index contributed by atoms with van der Waals surface area (Å²) in [7, 11) is 0. The molecular weight excluding hydrogens is 214 g/mol. The number of rotatable bonds is 2. The molecule has 0 atom stereocenters. The number of fused-ring (bicyclic) bond motifs is 1. The summed E-state index contributed by atoms with van der Waals surface area (Å²) < 4.78 is 5.74. The summed E-state index contributed by atoms with van der Waals surface area (Å²) in [5, 5.41) is 0. The maximum absolute atomic E-state index is 12.3. The zero-order valence-electron chi connectivity index (χ0n) is 10.5. The number of hydrogen-bond acceptors (Lipinski definition) is 2. The molecular formula is C14H17NO2. The minimum Gasteiger partial charge on any atom is -0.476 e. The minimum absolute atomic E-state index is 0.0319. The Hall–Kier alpha value is -1.77. The van der Waals surface area contributed by atoms with Crippen LogP contribution in [0.3, 0.4) is 0 Å². The van der Waals surface area contributed by atoms with Gasteiger partial charge in [-0.25, -0.2) is 0 Å². The number of ether oxygens (including phenoxy) is 1. The molecule has 0 fully saturated rings. The normalized spacial score (nSPS) is 17.4. The Bertz CT molecular complexity index is 477. The lowest BCUT2D eigenvalue weighted by Crippen LogP contribution is -2.52.